The van der Waals surface area contributed by atoms with Crippen LogP contribution in [-0.4, -0.2) is 38.9 Å². The van der Waals surface area contributed by atoms with Crippen molar-refractivity contribution in [3.63, 3.8) is 0 Å². The predicted octanol–water partition coefficient (Wildman–Crippen LogP) is -0.408. The van der Waals surface area contributed by atoms with E-state index in [-0.39, 0.29) is 18.7 Å². The van der Waals surface area contributed by atoms with Gasteiger partial charge in [0.1, 0.15) is 0 Å². The molecule has 14 heavy (non-hydrogen) atoms. The molecule has 1 unspecified atom stereocenters. The molecule has 0 rings (SSSR count). The molecule has 1 atom stereocenters. The zero-order valence-corrected chi connectivity index (χ0v) is 9.73. The SMILES string of the molecule is CCS(=O)(=O)NCCC(C)S(=O)(=O)O. The highest BCUT2D eigenvalue weighted by molar-refractivity contribution is 7.89. The van der Waals surface area contributed by atoms with Crippen LogP contribution in [0.1, 0.15) is 20.3 Å². The van der Waals surface area contributed by atoms with Gasteiger partial charge < -0.3 is 0 Å². The molecule has 0 saturated heterocycles. The van der Waals surface area contributed by atoms with Gasteiger partial charge in [0.25, 0.3) is 10.1 Å². The lowest BCUT2D eigenvalue weighted by atomic mass is 10.3. The minimum absolute atomic E-state index is 0.0110. The summed E-state index contributed by atoms with van der Waals surface area (Å²) >= 11 is 0. The van der Waals surface area contributed by atoms with E-state index in [1.54, 1.807) is 0 Å². The monoisotopic (exact) mass is 245 g/mol. The first-order chi connectivity index (χ1) is 6.19. The Morgan fingerprint density at radius 1 is 1.29 bits per heavy atom. The van der Waals surface area contributed by atoms with Crippen molar-refractivity contribution in [1.82, 2.24) is 4.72 Å². The second-order valence-corrected chi connectivity index (χ2v) is 6.84. The number of hydrogen-bond donors (Lipinski definition) is 2. The summed E-state index contributed by atoms with van der Waals surface area (Å²) in [7, 11) is -7.35. The Hall–Kier alpha value is -0.180. The van der Waals surface area contributed by atoms with E-state index in [2.05, 4.69) is 4.72 Å². The molecule has 0 aromatic rings. The molecule has 86 valence electrons. The molecular weight excluding hydrogens is 230 g/mol. The maximum atomic E-state index is 10.9. The van der Waals surface area contributed by atoms with E-state index in [0.29, 0.717) is 0 Å². The molecule has 0 amide bonds. The van der Waals surface area contributed by atoms with Crippen molar-refractivity contribution in [1.29, 1.82) is 0 Å². The van der Waals surface area contributed by atoms with E-state index < -0.39 is 25.4 Å². The Balaban J connectivity index is 4.00. The lowest BCUT2D eigenvalue weighted by Gasteiger charge is -2.08. The Labute approximate surface area is 84.5 Å². The van der Waals surface area contributed by atoms with Gasteiger partial charge in [-0.15, -0.1) is 0 Å². The van der Waals surface area contributed by atoms with Crippen molar-refractivity contribution in [2.45, 2.75) is 25.5 Å². The highest BCUT2D eigenvalue weighted by atomic mass is 32.2. The van der Waals surface area contributed by atoms with Crippen molar-refractivity contribution < 1.29 is 21.4 Å². The Morgan fingerprint density at radius 3 is 2.14 bits per heavy atom. The summed E-state index contributed by atoms with van der Waals surface area (Å²) in [5, 5.41) is -0.956. The molecule has 0 heterocycles. The van der Waals surface area contributed by atoms with Crippen LogP contribution in [0.4, 0.5) is 0 Å². The highest BCUT2D eigenvalue weighted by Crippen LogP contribution is 2.01. The van der Waals surface area contributed by atoms with E-state index in [1.165, 1.54) is 13.8 Å². The van der Waals surface area contributed by atoms with E-state index in [0.717, 1.165) is 0 Å². The zero-order chi connectivity index (χ0) is 11.4. The third-order valence-electron chi connectivity index (χ3n) is 1.76. The van der Waals surface area contributed by atoms with E-state index in [1.807, 2.05) is 0 Å². The fourth-order valence-electron chi connectivity index (χ4n) is 0.669. The van der Waals surface area contributed by atoms with Crippen LogP contribution >= 0.6 is 0 Å². The minimum Gasteiger partial charge on any atom is -0.285 e. The lowest BCUT2D eigenvalue weighted by Crippen LogP contribution is -2.29. The molecular formula is C6H15NO5S2. The molecule has 0 spiro atoms. The Bertz CT molecular complexity index is 358. The first-order valence-electron chi connectivity index (χ1n) is 4.12. The fraction of sp³-hybridized carbons (Fsp3) is 1.00. The number of sulfonamides is 1. The average molecular weight is 245 g/mol. The quantitative estimate of drug-likeness (QED) is 0.620. The summed E-state index contributed by atoms with van der Waals surface area (Å²) in [4.78, 5) is 0. The molecule has 0 radical (unpaired) electrons. The molecule has 0 bridgehead atoms. The topological polar surface area (TPSA) is 101 Å². The smallest absolute Gasteiger partial charge is 0.267 e. The third kappa shape index (κ3) is 5.53. The molecule has 6 nitrogen and oxygen atoms in total. The maximum Gasteiger partial charge on any atom is 0.267 e. The third-order valence-corrected chi connectivity index (χ3v) is 4.42. The largest absolute Gasteiger partial charge is 0.285 e. The summed E-state index contributed by atoms with van der Waals surface area (Å²) in [6.45, 7) is 2.81. The normalized spacial score (nSPS) is 15.4. The minimum atomic E-state index is -4.06. The summed E-state index contributed by atoms with van der Waals surface area (Å²) in [6.07, 6.45) is 0.0536. The van der Waals surface area contributed by atoms with Crippen LogP contribution in [-0.2, 0) is 20.1 Å². The summed E-state index contributed by atoms with van der Waals surface area (Å²) < 4.78 is 53.7. The van der Waals surface area contributed by atoms with Crippen LogP contribution in [0, 0.1) is 0 Å². The Morgan fingerprint density at radius 2 is 1.79 bits per heavy atom. The first kappa shape index (κ1) is 13.8. The van der Waals surface area contributed by atoms with Crippen molar-refractivity contribution in [3.05, 3.63) is 0 Å². The van der Waals surface area contributed by atoms with Crippen LogP contribution in [0.2, 0.25) is 0 Å². The molecule has 0 aromatic heterocycles. The second-order valence-electron chi connectivity index (χ2n) is 2.91. The average Bonchev–Trinajstić information content (AvgIpc) is 2.02. The van der Waals surface area contributed by atoms with Crippen molar-refractivity contribution in [2.75, 3.05) is 12.3 Å². The summed E-state index contributed by atoms with van der Waals surface area (Å²) in [5.74, 6) is -0.0484. The van der Waals surface area contributed by atoms with E-state index in [9.17, 15) is 16.8 Å². The highest BCUT2D eigenvalue weighted by Gasteiger charge is 2.17. The molecule has 0 aliphatic carbocycles. The molecule has 0 fully saturated rings. The first-order valence-corrected chi connectivity index (χ1v) is 7.28. The number of hydrogen-bond acceptors (Lipinski definition) is 4. The maximum absolute atomic E-state index is 10.9. The standard InChI is InChI=1S/C6H15NO5S2/c1-3-13(8,9)7-5-4-6(2)14(10,11)12/h6-7H,3-5H2,1-2H3,(H,10,11,12). The van der Waals surface area contributed by atoms with Crippen LogP contribution in [0.3, 0.4) is 0 Å². The van der Waals surface area contributed by atoms with Gasteiger partial charge in [-0.25, -0.2) is 13.1 Å². The van der Waals surface area contributed by atoms with Crippen molar-refractivity contribution >= 4 is 20.1 Å². The van der Waals surface area contributed by atoms with Gasteiger partial charge in [-0.05, 0) is 20.3 Å². The molecule has 8 heteroatoms. The van der Waals surface area contributed by atoms with Gasteiger partial charge in [0, 0.05) is 6.54 Å². The van der Waals surface area contributed by atoms with E-state index in [4.69, 9.17) is 4.55 Å². The molecule has 2 N–H and O–H groups in total. The van der Waals surface area contributed by atoms with Crippen molar-refractivity contribution in [2.24, 2.45) is 0 Å². The predicted molar refractivity (Wildman–Crippen MR) is 53.1 cm³/mol. The number of rotatable bonds is 6. The molecule has 0 aliphatic heterocycles. The van der Waals surface area contributed by atoms with E-state index >= 15 is 0 Å². The van der Waals surface area contributed by atoms with Gasteiger partial charge >= 0.3 is 0 Å². The van der Waals surface area contributed by atoms with Crippen molar-refractivity contribution in [3.8, 4) is 0 Å². The Kier molecular flexibility index (Phi) is 4.99. The molecule has 0 aliphatic rings. The van der Waals surface area contributed by atoms with Crippen LogP contribution in [0.15, 0.2) is 0 Å². The van der Waals surface area contributed by atoms with Gasteiger partial charge in [0.05, 0.1) is 11.0 Å². The van der Waals surface area contributed by atoms with Gasteiger partial charge in [-0.1, -0.05) is 0 Å². The molecule has 0 saturated carbocycles. The second kappa shape index (κ2) is 5.06. The summed E-state index contributed by atoms with van der Waals surface area (Å²) in [6, 6.07) is 0. The molecule has 0 aromatic carbocycles. The fourth-order valence-corrected chi connectivity index (χ4v) is 1.72. The summed E-state index contributed by atoms with van der Waals surface area (Å²) in [5.41, 5.74) is 0. The van der Waals surface area contributed by atoms with Gasteiger partial charge in [0.15, 0.2) is 0 Å². The van der Waals surface area contributed by atoms with Crippen LogP contribution in [0.5, 0.6) is 0 Å². The van der Waals surface area contributed by atoms with Gasteiger partial charge in [-0.3, -0.25) is 4.55 Å². The zero-order valence-electron chi connectivity index (χ0n) is 8.10. The number of nitrogens with one attached hydrogen (secondary N) is 1. The lowest BCUT2D eigenvalue weighted by molar-refractivity contribution is 0.465. The van der Waals surface area contributed by atoms with Gasteiger partial charge in [-0.2, -0.15) is 8.42 Å². The van der Waals surface area contributed by atoms with Crippen LogP contribution < -0.4 is 4.72 Å². The van der Waals surface area contributed by atoms with Gasteiger partial charge in [0.2, 0.25) is 10.0 Å². The van der Waals surface area contributed by atoms with Crippen LogP contribution in [0.25, 0.3) is 0 Å².